The fourth-order valence-electron chi connectivity index (χ4n) is 1.64. The zero-order valence-corrected chi connectivity index (χ0v) is 9.25. The summed E-state index contributed by atoms with van der Waals surface area (Å²) in [5.74, 6) is 0. The molecule has 0 fully saturated rings. The smallest absolute Gasteiger partial charge is 0.255 e. The average Bonchev–Trinajstić information content (AvgIpc) is 2.23. The maximum Gasteiger partial charge on any atom is 0.255 e. The molecule has 3 nitrogen and oxygen atoms in total. The van der Waals surface area contributed by atoms with Crippen LogP contribution < -0.4 is 11.3 Å². The van der Waals surface area contributed by atoms with E-state index in [4.69, 9.17) is 5.73 Å². The highest BCUT2D eigenvalue weighted by atomic mass is 35.5. The maximum absolute atomic E-state index is 11.7. The second-order valence-electron chi connectivity index (χ2n) is 3.30. The summed E-state index contributed by atoms with van der Waals surface area (Å²) in [5.41, 5.74) is 7.09. The van der Waals surface area contributed by atoms with Crippen molar-refractivity contribution in [3.05, 3.63) is 46.2 Å². The highest BCUT2D eigenvalue weighted by Crippen LogP contribution is 2.11. The topological polar surface area (TPSA) is 48.0 Å². The summed E-state index contributed by atoms with van der Waals surface area (Å²) in [6.45, 7) is 0.289. The van der Waals surface area contributed by atoms with Crippen LogP contribution in [0.4, 0.5) is 0 Å². The van der Waals surface area contributed by atoms with Crippen molar-refractivity contribution >= 4 is 23.3 Å². The van der Waals surface area contributed by atoms with Gasteiger partial charge in [-0.1, -0.05) is 18.2 Å². The molecular formula is C11H13ClN2O. The summed E-state index contributed by atoms with van der Waals surface area (Å²) in [5, 5.41) is 1.05. The molecule has 1 heterocycles. The Bertz CT molecular complexity index is 534. The summed E-state index contributed by atoms with van der Waals surface area (Å²) < 4.78 is 1.64. The summed E-state index contributed by atoms with van der Waals surface area (Å²) in [6, 6.07) is 9.64. The average molecular weight is 225 g/mol. The molecule has 1 aromatic carbocycles. The van der Waals surface area contributed by atoms with Crippen molar-refractivity contribution in [1.29, 1.82) is 0 Å². The van der Waals surface area contributed by atoms with Crippen molar-refractivity contribution in [2.75, 3.05) is 0 Å². The minimum Gasteiger partial charge on any atom is -0.326 e. The van der Waals surface area contributed by atoms with Crippen molar-refractivity contribution < 1.29 is 0 Å². The standard InChI is InChI=1S/C11H12N2O.ClH/c1-13-10-5-3-2-4-8(10)6-9(7-12)11(13)14;/h2-6H,7,12H2,1H3;1H. The Balaban J connectivity index is 0.00000112. The van der Waals surface area contributed by atoms with Gasteiger partial charge in [0.05, 0.1) is 5.52 Å². The van der Waals surface area contributed by atoms with Gasteiger partial charge in [-0.3, -0.25) is 4.79 Å². The van der Waals surface area contributed by atoms with E-state index in [1.165, 1.54) is 0 Å². The number of fused-ring (bicyclic) bond motifs is 1. The lowest BCUT2D eigenvalue weighted by Crippen LogP contribution is -2.23. The summed E-state index contributed by atoms with van der Waals surface area (Å²) >= 11 is 0. The number of aromatic nitrogens is 1. The lowest BCUT2D eigenvalue weighted by Gasteiger charge is -2.06. The lowest BCUT2D eigenvalue weighted by molar-refractivity contribution is 0.869. The normalized spacial score (nSPS) is 10.0. The summed E-state index contributed by atoms with van der Waals surface area (Å²) in [4.78, 5) is 11.7. The minimum absolute atomic E-state index is 0. The molecule has 0 amide bonds. The molecule has 0 saturated heterocycles. The molecule has 1 aromatic heterocycles. The van der Waals surface area contributed by atoms with Gasteiger partial charge in [-0.25, -0.2) is 0 Å². The Labute approximate surface area is 93.9 Å². The largest absolute Gasteiger partial charge is 0.326 e. The highest BCUT2D eigenvalue weighted by molar-refractivity contribution is 5.85. The van der Waals surface area contributed by atoms with Crippen molar-refractivity contribution in [1.82, 2.24) is 4.57 Å². The molecule has 0 bridgehead atoms. The van der Waals surface area contributed by atoms with E-state index in [2.05, 4.69) is 0 Å². The third-order valence-electron chi connectivity index (χ3n) is 2.43. The number of para-hydroxylation sites is 1. The molecule has 4 heteroatoms. The molecule has 80 valence electrons. The highest BCUT2D eigenvalue weighted by Gasteiger charge is 2.03. The number of benzene rings is 1. The van der Waals surface area contributed by atoms with E-state index in [0.29, 0.717) is 5.56 Å². The molecule has 0 aliphatic rings. The molecule has 2 N–H and O–H groups in total. The van der Waals surface area contributed by atoms with Gasteiger partial charge < -0.3 is 10.3 Å². The number of aryl methyl sites for hydroxylation is 1. The Hall–Kier alpha value is -1.32. The van der Waals surface area contributed by atoms with Crippen molar-refractivity contribution in [3.63, 3.8) is 0 Å². The molecule has 0 saturated carbocycles. The molecular weight excluding hydrogens is 212 g/mol. The maximum atomic E-state index is 11.7. The third-order valence-corrected chi connectivity index (χ3v) is 2.43. The van der Waals surface area contributed by atoms with Gasteiger partial charge in [0.25, 0.3) is 5.56 Å². The number of hydrogen-bond donors (Lipinski definition) is 1. The van der Waals surface area contributed by atoms with Crippen molar-refractivity contribution in [2.24, 2.45) is 12.8 Å². The molecule has 0 radical (unpaired) electrons. The van der Waals surface area contributed by atoms with Crippen LogP contribution in [0, 0.1) is 0 Å². The number of nitrogens with two attached hydrogens (primary N) is 1. The fraction of sp³-hybridized carbons (Fsp3) is 0.182. The zero-order valence-electron chi connectivity index (χ0n) is 8.43. The third kappa shape index (κ3) is 1.89. The van der Waals surface area contributed by atoms with Crippen molar-refractivity contribution in [3.8, 4) is 0 Å². The van der Waals surface area contributed by atoms with E-state index < -0.39 is 0 Å². The molecule has 0 aliphatic heterocycles. The van der Waals surface area contributed by atoms with Crippen molar-refractivity contribution in [2.45, 2.75) is 6.54 Å². The van der Waals surface area contributed by atoms with Crippen LogP contribution in [-0.4, -0.2) is 4.57 Å². The molecule has 0 unspecified atom stereocenters. The number of nitrogens with zero attached hydrogens (tertiary/aromatic N) is 1. The molecule has 2 aromatic rings. The van der Waals surface area contributed by atoms with E-state index in [1.54, 1.807) is 11.6 Å². The molecule has 0 atom stereocenters. The lowest BCUT2D eigenvalue weighted by atomic mass is 10.1. The minimum atomic E-state index is -0.00815. The SMILES string of the molecule is Cl.Cn1c(=O)c(CN)cc2ccccc21. The molecule has 0 aliphatic carbocycles. The second-order valence-corrected chi connectivity index (χ2v) is 3.30. The van der Waals surface area contributed by atoms with Crippen LogP contribution in [0.3, 0.4) is 0 Å². The Morgan fingerprint density at radius 1 is 1.33 bits per heavy atom. The van der Waals surface area contributed by atoms with Gasteiger partial charge in [0.2, 0.25) is 0 Å². The van der Waals surface area contributed by atoms with Crippen LogP contribution in [-0.2, 0) is 13.6 Å². The Kier molecular flexibility index (Phi) is 3.50. The summed E-state index contributed by atoms with van der Waals surface area (Å²) in [6.07, 6.45) is 0. The first-order chi connectivity index (χ1) is 6.74. The van der Waals surface area contributed by atoms with Gasteiger partial charge in [0.15, 0.2) is 0 Å². The van der Waals surface area contributed by atoms with Crippen LogP contribution in [0.2, 0.25) is 0 Å². The van der Waals surface area contributed by atoms with Gasteiger partial charge in [0, 0.05) is 19.2 Å². The van der Waals surface area contributed by atoms with E-state index in [9.17, 15) is 4.79 Å². The fourth-order valence-corrected chi connectivity index (χ4v) is 1.64. The van der Waals surface area contributed by atoms with E-state index >= 15 is 0 Å². The first kappa shape index (κ1) is 11.8. The van der Waals surface area contributed by atoms with E-state index in [-0.39, 0.29) is 24.5 Å². The van der Waals surface area contributed by atoms with E-state index in [0.717, 1.165) is 10.9 Å². The quantitative estimate of drug-likeness (QED) is 0.797. The first-order valence-corrected chi connectivity index (χ1v) is 4.52. The Morgan fingerprint density at radius 3 is 2.67 bits per heavy atom. The predicted octanol–water partition coefficient (Wildman–Crippen LogP) is 1.42. The van der Waals surface area contributed by atoms with Gasteiger partial charge in [0.1, 0.15) is 0 Å². The van der Waals surface area contributed by atoms with Crippen LogP contribution in [0.5, 0.6) is 0 Å². The number of rotatable bonds is 1. The molecule has 2 rings (SSSR count). The monoisotopic (exact) mass is 224 g/mol. The number of hydrogen-bond acceptors (Lipinski definition) is 2. The second kappa shape index (κ2) is 4.47. The van der Waals surface area contributed by atoms with Gasteiger partial charge in [-0.05, 0) is 17.5 Å². The van der Waals surface area contributed by atoms with Crippen LogP contribution in [0.25, 0.3) is 10.9 Å². The van der Waals surface area contributed by atoms with E-state index in [1.807, 2.05) is 30.3 Å². The van der Waals surface area contributed by atoms with Crippen LogP contribution in [0.15, 0.2) is 35.1 Å². The number of halogens is 1. The van der Waals surface area contributed by atoms with Crippen LogP contribution >= 0.6 is 12.4 Å². The molecule has 15 heavy (non-hydrogen) atoms. The predicted molar refractivity (Wildman–Crippen MR) is 64.3 cm³/mol. The number of pyridine rings is 1. The van der Waals surface area contributed by atoms with Gasteiger partial charge in [-0.2, -0.15) is 0 Å². The zero-order chi connectivity index (χ0) is 10.1. The van der Waals surface area contributed by atoms with Gasteiger partial charge in [-0.15, -0.1) is 12.4 Å². The van der Waals surface area contributed by atoms with Crippen LogP contribution in [0.1, 0.15) is 5.56 Å². The molecule has 0 spiro atoms. The first-order valence-electron chi connectivity index (χ1n) is 4.52. The van der Waals surface area contributed by atoms with Gasteiger partial charge >= 0.3 is 0 Å². The Morgan fingerprint density at radius 2 is 2.00 bits per heavy atom. The summed E-state index contributed by atoms with van der Waals surface area (Å²) in [7, 11) is 1.77.